The molecule has 2 aliphatic rings. The van der Waals surface area contributed by atoms with Crippen LogP contribution in [0, 0.1) is 0 Å². The van der Waals surface area contributed by atoms with Crippen molar-refractivity contribution in [1.29, 1.82) is 0 Å². The van der Waals surface area contributed by atoms with E-state index in [0.717, 1.165) is 6.42 Å². The molecular weight excluding hydrogens is 486 g/mol. The number of carbonyl (C=O) groups excluding carboxylic acids is 2. The number of ether oxygens (including phenoxy) is 2. The maximum absolute atomic E-state index is 13.3. The Labute approximate surface area is 210 Å². The molecule has 36 heavy (non-hydrogen) atoms. The van der Waals surface area contributed by atoms with Gasteiger partial charge in [0.25, 0.3) is 5.91 Å². The number of rotatable bonds is 8. The highest BCUT2D eigenvalue weighted by molar-refractivity contribution is 7.93. The van der Waals surface area contributed by atoms with E-state index in [4.69, 9.17) is 14.7 Å². The second-order valence-corrected chi connectivity index (χ2v) is 11.2. The van der Waals surface area contributed by atoms with Gasteiger partial charge in [-0.1, -0.05) is 24.3 Å². The molecular formula is C25H31N3O7S. The molecule has 0 spiro atoms. The molecule has 0 radical (unpaired) electrons. The minimum Gasteiger partial charge on any atom is -0.494 e. The van der Waals surface area contributed by atoms with E-state index >= 15 is 0 Å². The van der Waals surface area contributed by atoms with Gasteiger partial charge in [-0.25, -0.2) is 18.7 Å². The number of nitrogens with zero attached hydrogens (tertiary/aromatic N) is 1. The second-order valence-electron chi connectivity index (χ2n) is 8.90. The summed E-state index contributed by atoms with van der Waals surface area (Å²) >= 11 is 0. The van der Waals surface area contributed by atoms with E-state index in [1.807, 2.05) is 18.2 Å². The summed E-state index contributed by atoms with van der Waals surface area (Å²) in [7, 11) is -4.08. The van der Waals surface area contributed by atoms with E-state index in [2.05, 4.69) is 11.4 Å². The summed E-state index contributed by atoms with van der Waals surface area (Å²) in [5.41, 5.74) is 3.96. The van der Waals surface area contributed by atoms with Gasteiger partial charge in [-0.2, -0.15) is 0 Å². The van der Waals surface area contributed by atoms with Crippen LogP contribution < -0.4 is 15.5 Å². The van der Waals surface area contributed by atoms with Crippen molar-refractivity contribution in [2.45, 2.75) is 41.9 Å². The maximum Gasteiger partial charge on any atom is 0.317 e. The molecule has 0 aliphatic carbocycles. The van der Waals surface area contributed by atoms with Gasteiger partial charge in [0.1, 0.15) is 5.75 Å². The van der Waals surface area contributed by atoms with E-state index in [1.165, 1.54) is 40.9 Å². The van der Waals surface area contributed by atoms with E-state index in [-0.39, 0.29) is 37.0 Å². The molecule has 194 valence electrons. The Balaban J connectivity index is 1.25. The maximum atomic E-state index is 13.3. The standard InChI is InChI=1S/C25H31N3O7S/c29-23(27-31)25(11-16-34-17-12-25)36(32,33)22-8-6-21(7-9-22)35-15-3-13-26-24(30)28-14-10-19-4-1-2-5-20(19)18-28/h1-2,4-9,31H,3,10-18H2,(H,26,30)(H,27,29). The fourth-order valence-corrected chi connectivity index (χ4v) is 6.54. The Bertz CT molecular complexity index is 1180. The van der Waals surface area contributed by atoms with Crippen molar-refractivity contribution in [3.05, 3.63) is 59.7 Å². The molecule has 10 nitrogen and oxygen atoms in total. The summed E-state index contributed by atoms with van der Waals surface area (Å²) in [4.78, 5) is 26.6. The van der Waals surface area contributed by atoms with Crippen LogP contribution in [0.3, 0.4) is 0 Å². The number of urea groups is 1. The highest BCUT2D eigenvalue weighted by Gasteiger charge is 2.52. The third-order valence-corrected chi connectivity index (χ3v) is 9.26. The van der Waals surface area contributed by atoms with Gasteiger partial charge >= 0.3 is 6.03 Å². The van der Waals surface area contributed by atoms with E-state index in [1.54, 1.807) is 4.90 Å². The first kappa shape index (κ1) is 25.9. The van der Waals surface area contributed by atoms with Crippen molar-refractivity contribution >= 4 is 21.8 Å². The van der Waals surface area contributed by atoms with Crippen LogP contribution in [-0.2, 0) is 32.3 Å². The highest BCUT2D eigenvalue weighted by atomic mass is 32.2. The van der Waals surface area contributed by atoms with Crippen LogP contribution in [0.5, 0.6) is 5.75 Å². The summed E-state index contributed by atoms with van der Waals surface area (Å²) in [5, 5.41) is 12.1. The molecule has 3 N–H and O–H groups in total. The topological polar surface area (TPSA) is 134 Å². The summed E-state index contributed by atoms with van der Waals surface area (Å²) in [6.45, 7) is 2.28. The molecule has 2 aliphatic heterocycles. The zero-order valence-electron chi connectivity index (χ0n) is 19.9. The number of amides is 3. The van der Waals surface area contributed by atoms with E-state index in [0.29, 0.717) is 38.4 Å². The molecule has 2 heterocycles. The number of fused-ring (bicyclic) bond motifs is 1. The monoisotopic (exact) mass is 517 g/mol. The Morgan fingerprint density at radius 3 is 2.44 bits per heavy atom. The van der Waals surface area contributed by atoms with Gasteiger partial charge in [0.15, 0.2) is 14.6 Å². The lowest BCUT2D eigenvalue weighted by atomic mass is 9.98. The van der Waals surface area contributed by atoms with Crippen LogP contribution in [0.25, 0.3) is 0 Å². The fourth-order valence-electron chi connectivity index (χ4n) is 4.60. The number of hydroxylamine groups is 1. The molecule has 2 aromatic rings. The highest BCUT2D eigenvalue weighted by Crippen LogP contribution is 2.35. The van der Waals surface area contributed by atoms with Crippen LogP contribution in [0.15, 0.2) is 53.4 Å². The van der Waals surface area contributed by atoms with Crippen molar-refractivity contribution in [3.8, 4) is 5.75 Å². The molecule has 0 unspecified atom stereocenters. The Kier molecular flexibility index (Phi) is 8.12. The predicted molar refractivity (Wildman–Crippen MR) is 130 cm³/mol. The average Bonchev–Trinajstić information content (AvgIpc) is 2.92. The first-order valence-corrected chi connectivity index (χ1v) is 13.4. The molecule has 0 atom stereocenters. The molecule has 0 aromatic heterocycles. The second kappa shape index (κ2) is 11.3. The smallest absolute Gasteiger partial charge is 0.317 e. The van der Waals surface area contributed by atoms with Gasteiger partial charge in [0, 0.05) is 32.8 Å². The van der Waals surface area contributed by atoms with Gasteiger partial charge < -0.3 is 19.7 Å². The van der Waals surface area contributed by atoms with E-state index in [9.17, 15) is 18.0 Å². The summed E-state index contributed by atoms with van der Waals surface area (Å²) in [6, 6.07) is 13.9. The van der Waals surface area contributed by atoms with Gasteiger partial charge in [0.05, 0.1) is 11.5 Å². The molecule has 0 saturated carbocycles. The minimum absolute atomic E-state index is 0.0317. The largest absolute Gasteiger partial charge is 0.494 e. The third kappa shape index (κ3) is 5.32. The summed E-state index contributed by atoms with van der Waals surface area (Å²) in [6.07, 6.45) is 1.33. The zero-order valence-corrected chi connectivity index (χ0v) is 20.8. The molecule has 1 fully saturated rings. The van der Waals surface area contributed by atoms with Crippen LogP contribution in [-0.4, -0.2) is 68.1 Å². The van der Waals surface area contributed by atoms with Gasteiger partial charge in [-0.05, 0) is 61.1 Å². The van der Waals surface area contributed by atoms with Crippen LogP contribution in [0.4, 0.5) is 4.79 Å². The Morgan fingerprint density at radius 2 is 1.75 bits per heavy atom. The lowest BCUT2D eigenvalue weighted by molar-refractivity contribution is -0.134. The molecule has 3 amide bonds. The summed E-state index contributed by atoms with van der Waals surface area (Å²) in [5.74, 6) is -0.484. The van der Waals surface area contributed by atoms with Gasteiger partial charge in [0.2, 0.25) is 0 Å². The first-order chi connectivity index (χ1) is 17.4. The number of hydrogen-bond acceptors (Lipinski definition) is 7. The van der Waals surface area contributed by atoms with Crippen LogP contribution in [0.1, 0.15) is 30.4 Å². The fraction of sp³-hybridized carbons (Fsp3) is 0.440. The number of sulfone groups is 1. The average molecular weight is 518 g/mol. The number of benzene rings is 2. The zero-order chi connectivity index (χ0) is 25.6. The first-order valence-electron chi connectivity index (χ1n) is 12.0. The van der Waals surface area contributed by atoms with Crippen LogP contribution >= 0.6 is 0 Å². The van der Waals surface area contributed by atoms with Crippen molar-refractivity contribution in [1.82, 2.24) is 15.7 Å². The summed E-state index contributed by atoms with van der Waals surface area (Å²) < 4.78 is 35.7. The van der Waals surface area contributed by atoms with Crippen LogP contribution in [0.2, 0.25) is 0 Å². The van der Waals surface area contributed by atoms with E-state index < -0.39 is 20.5 Å². The Hall–Kier alpha value is -3.15. The lowest BCUT2D eigenvalue weighted by Crippen LogP contribution is -2.54. The van der Waals surface area contributed by atoms with Crippen molar-refractivity contribution in [3.63, 3.8) is 0 Å². The van der Waals surface area contributed by atoms with Crippen molar-refractivity contribution in [2.24, 2.45) is 0 Å². The third-order valence-electron chi connectivity index (χ3n) is 6.75. The number of nitrogens with one attached hydrogen (secondary N) is 2. The predicted octanol–water partition coefficient (Wildman–Crippen LogP) is 2.05. The molecule has 0 bridgehead atoms. The molecule has 4 rings (SSSR count). The Morgan fingerprint density at radius 1 is 1.06 bits per heavy atom. The van der Waals surface area contributed by atoms with Crippen molar-refractivity contribution < 1.29 is 32.7 Å². The molecule has 2 aromatic carbocycles. The SMILES string of the molecule is O=C(NCCCOc1ccc(S(=O)(=O)C2(C(=O)NO)CCOCC2)cc1)N1CCc2ccccc2C1. The minimum atomic E-state index is -4.08. The molecule has 1 saturated heterocycles. The van der Waals surface area contributed by atoms with Gasteiger partial charge in [-0.3, -0.25) is 10.0 Å². The quantitative estimate of drug-likeness (QED) is 0.277. The number of hydrogen-bond donors (Lipinski definition) is 3. The van der Waals surface area contributed by atoms with Gasteiger partial charge in [-0.15, -0.1) is 0 Å². The van der Waals surface area contributed by atoms with Crippen molar-refractivity contribution in [2.75, 3.05) is 32.9 Å². The molecule has 11 heteroatoms. The normalized spacial score (nSPS) is 17.1. The lowest BCUT2D eigenvalue weighted by Gasteiger charge is -2.34. The number of carbonyl (C=O) groups is 2.